The molecule has 0 spiro atoms. The molecular weight excluding hydrogens is 228 g/mol. The third-order valence-corrected chi connectivity index (χ3v) is 2.36. The van der Waals surface area contributed by atoms with Crippen molar-refractivity contribution in [2.24, 2.45) is 0 Å². The average molecular weight is 243 g/mol. The Kier molecular flexibility index (Phi) is 5.03. The molecule has 1 N–H and O–H groups in total. The number of halogens is 2. The molecule has 0 fully saturated rings. The Morgan fingerprint density at radius 3 is 2.47 bits per heavy atom. The third-order valence-electron chi connectivity index (χ3n) is 2.36. The van der Waals surface area contributed by atoms with E-state index in [-0.39, 0.29) is 5.91 Å². The number of ether oxygens (including phenoxy) is 1. The average Bonchev–Trinajstić information content (AvgIpc) is 2.26. The van der Waals surface area contributed by atoms with Crippen molar-refractivity contribution in [3.63, 3.8) is 0 Å². The van der Waals surface area contributed by atoms with E-state index < -0.39 is 17.7 Å². The molecule has 1 rings (SSSR count). The summed E-state index contributed by atoms with van der Waals surface area (Å²) in [6.45, 7) is 1.94. The minimum atomic E-state index is -0.614. The first-order chi connectivity index (χ1) is 8.02. The number of nitrogens with one attached hydrogen (secondary N) is 1. The molecule has 1 aromatic carbocycles. The van der Waals surface area contributed by atoms with Gasteiger partial charge in [-0.3, -0.25) is 4.79 Å². The van der Waals surface area contributed by atoms with Gasteiger partial charge in [0.05, 0.1) is 0 Å². The van der Waals surface area contributed by atoms with Crippen LogP contribution in [0.3, 0.4) is 0 Å². The van der Waals surface area contributed by atoms with E-state index in [4.69, 9.17) is 4.74 Å². The van der Waals surface area contributed by atoms with E-state index in [2.05, 4.69) is 5.32 Å². The van der Waals surface area contributed by atoms with Crippen LogP contribution in [0.2, 0.25) is 0 Å². The quantitative estimate of drug-likeness (QED) is 0.854. The molecule has 0 saturated heterocycles. The van der Waals surface area contributed by atoms with Crippen LogP contribution in [0.4, 0.5) is 8.78 Å². The zero-order valence-electron chi connectivity index (χ0n) is 9.80. The monoisotopic (exact) mass is 243 g/mol. The lowest BCUT2D eigenvalue weighted by Crippen LogP contribution is -2.35. The SMILES string of the molecule is COC(C)C(=O)NCCc1cc(F)cc(F)c1. The molecule has 0 heterocycles. The number of hydrogen-bond acceptors (Lipinski definition) is 2. The Morgan fingerprint density at radius 1 is 1.35 bits per heavy atom. The number of hydrogen-bond donors (Lipinski definition) is 1. The molecule has 0 aromatic heterocycles. The molecule has 3 nitrogen and oxygen atoms in total. The van der Waals surface area contributed by atoms with Crippen molar-refractivity contribution in [2.45, 2.75) is 19.4 Å². The maximum Gasteiger partial charge on any atom is 0.248 e. The van der Waals surface area contributed by atoms with Gasteiger partial charge in [-0.25, -0.2) is 8.78 Å². The molecular formula is C12H15F2NO2. The topological polar surface area (TPSA) is 38.3 Å². The first-order valence-corrected chi connectivity index (χ1v) is 5.28. The summed E-state index contributed by atoms with van der Waals surface area (Å²) in [5, 5.41) is 2.61. The Balaban J connectivity index is 2.43. The Bertz CT molecular complexity index is 376. The number of rotatable bonds is 5. The Hall–Kier alpha value is -1.49. The van der Waals surface area contributed by atoms with Crippen LogP contribution in [0, 0.1) is 11.6 Å². The van der Waals surface area contributed by atoms with Crippen LogP contribution < -0.4 is 5.32 Å². The molecule has 0 bridgehead atoms. The number of benzene rings is 1. The zero-order chi connectivity index (χ0) is 12.8. The molecule has 1 unspecified atom stereocenters. The van der Waals surface area contributed by atoms with Gasteiger partial charge in [-0.05, 0) is 31.0 Å². The fraction of sp³-hybridized carbons (Fsp3) is 0.417. The van der Waals surface area contributed by atoms with Crippen LogP contribution in [-0.2, 0) is 16.0 Å². The molecule has 0 aliphatic carbocycles. The largest absolute Gasteiger partial charge is 0.372 e. The van der Waals surface area contributed by atoms with Gasteiger partial charge >= 0.3 is 0 Å². The summed E-state index contributed by atoms with van der Waals surface area (Å²) in [4.78, 5) is 11.3. The van der Waals surface area contributed by atoms with Gasteiger partial charge in [0.25, 0.3) is 0 Å². The van der Waals surface area contributed by atoms with Crippen molar-refractivity contribution in [2.75, 3.05) is 13.7 Å². The van der Waals surface area contributed by atoms with E-state index in [0.717, 1.165) is 6.07 Å². The molecule has 0 radical (unpaired) electrons. The van der Waals surface area contributed by atoms with E-state index in [1.54, 1.807) is 6.92 Å². The Morgan fingerprint density at radius 2 is 1.94 bits per heavy atom. The van der Waals surface area contributed by atoms with Gasteiger partial charge in [-0.1, -0.05) is 0 Å². The third kappa shape index (κ3) is 4.48. The van der Waals surface area contributed by atoms with Gasteiger partial charge in [0.1, 0.15) is 17.7 Å². The lowest BCUT2D eigenvalue weighted by atomic mass is 10.1. The van der Waals surface area contributed by atoms with Crippen molar-refractivity contribution in [1.82, 2.24) is 5.32 Å². The van der Waals surface area contributed by atoms with Crippen molar-refractivity contribution < 1.29 is 18.3 Å². The van der Waals surface area contributed by atoms with E-state index in [1.165, 1.54) is 19.2 Å². The first-order valence-electron chi connectivity index (χ1n) is 5.28. The number of amides is 1. The maximum atomic E-state index is 12.8. The molecule has 0 aliphatic rings. The summed E-state index contributed by atoms with van der Waals surface area (Å²) in [6, 6.07) is 3.30. The molecule has 1 aromatic rings. The van der Waals surface area contributed by atoms with Crippen LogP contribution in [0.5, 0.6) is 0 Å². The molecule has 0 saturated carbocycles. The van der Waals surface area contributed by atoms with Gasteiger partial charge in [0.2, 0.25) is 5.91 Å². The van der Waals surface area contributed by atoms with E-state index in [9.17, 15) is 13.6 Å². The summed E-state index contributed by atoms with van der Waals surface area (Å²) in [5.41, 5.74) is 0.507. The van der Waals surface area contributed by atoms with E-state index in [0.29, 0.717) is 18.5 Å². The summed E-state index contributed by atoms with van der Waals surface area (Å²) >= 11 is 0. The summed E-state index contributed by atoms with van der Waals surface area (Å²) in [5.74, 6) is -1.47. The van der Waals surface area contributed by atoms with Crippen LogP contribution >= 0.6 is 0 Å². The molecule has 1 atom stereocenters. The van der Waals surface area contributed by atoms with Crippen LogP contribution in [0.1, 0.15) is 12.5 Å². The minimum absolute atomic E-state index is 0.246. The fourth-order valence-corrected chi connectivity index (χ4v) is 1.34. The van der Waals surface area contributed by atoms with Crippen molar-refractivity contribution in [3.8, 4) is 0 Å². The molecule has 1 amide bonds. The van der Waals surface area contributed by atoms with Gasteiger partial charge in [-0.2, -0.15) is 0 Å². The summed E-state index contributed by atoms with van der Waals surface area (Å²) < 4.78 is 30.5. The first kappa shape index (κ1) is 13.6. The maximum absolute atomic E-state index is 12.8. The number of methoxy groups -OCH3 is 1. The molecule has 5 heteroatoms. The standard InChI is InChI=1S/C12H15F2NO2/c1-8(17-2)12(16)15-4-3-9-5-10(13)7-11(14)6-9/h5-8H,3-4H2,1-2H3,(H,15,16). The van der Waals surface area contributed by atoms with Crippen molar-refractivity contribution in [1.29, 1.82) is 0 Å². The minimum Gasteiger partial charge on any atom is -0.372 e. The summed E-state index contributed by atoms with van der Waals surface area (Å²) in [6.07, 6.45) is -0.157. The van der Waals surface area contributed by atoms with E-state index >= 15 is 0 Å². The fourth-order valence-electron chi connectivity index (χ4n) is 1.34. The van der Waals surface area contributed by atoms with Crippen LogP contribution in [0.15, 0.2) is 18.2 Å². The van der Waals surface area contributed by atoms with Crippen LogP contribution in [-0.4, -0.2) is 25.7 Å². The van der Waals surface area contributed by atoms with Gasteiger partial charge in [0.15, 0.2) is 0 Å². The van der Waals surface area contributed by atoms with Gasteiger partial charge < -0.3 is 10.1 Å². The Labute approximate surface area is 98.8 Å². The molecule has 94 valence electrons. The normalized spacial score (nSPS) is 12.2. The number of carbonyl (C=O) groups is 1. The summed E-state index contributed by atoms with van der Waals surface area (Å²) in [7, 11) is 1.44. The van der Waals surface area contributed by atoms with Crippen molar-refractivity contribution in [3.05, 3.63) is 35.4 Å². The predicted octanol–water partition coefficient (Wildman–Crippen LogP) is 1.66. The van der Waals surface area contributed by atoms with Crippen molar-refractivity contribution >= 4 is 5.91 Å². The van der Waals surface area contributed by atoms with Crippen LogP contribution in [0.25, 0.3) is 0 Å². The molecule has 17 heavy (non-hydrogen) atoms. The second-order valence-electron chi connectivity index (χ2n) is 3.70. The highest BCUT2D eigenvalue weighted by Gasteiger charge is 2.10. The molecule has 0 aliphatic heterocycles. The number of carbonyl (C=O) groups excluding carboxylic acids is 1. The van der Waals surface area contributed by atoms with E-state index in [1.807, 2.05) is 0 Å². The lowest BCUT2D eigenvalue weighted by Gasteiger charge is -2.10. The smallest absolute Gasteiger partial charge is 0.248 e. The predicted molar refractivity (Wildman–Crippen MR) is 59.5 cm³/mol. The zero-order valence-corrected chi connectivity index (χ0v) is 9.80. The second-order valence-corrected chi connectivity index (χ2v) is 3.70. The highest BCUT2D eigenvalue weighted by Crippen LogP contribution is 2.08. The van der Waals surface area contributed by atoms with Gasteiger partial charge in [0, 0.05) is 19.7 Å². The highest BCUT2D eigenvalue weighted by molar-refractivity contribution is 5.80. The second kappa shape index (κ2) is 6.30. The lowest BCUT2D eigenvalue weighted by molar-refractivity contribution is -0.129. The van der Waals surface area contributed by atoms with Gasteiger partial charge in [-0.15, -0.1) is 0 Å². The highest BCUT2D eigenvalue weighted by atomic mass is 19.1.